The van der Waals surface area contributed by atoms with E-state index in [1.165, 1.54) is 32.5 Å². The Morgan fingerprint density at radius 1 is 1.21 bits per heavy atom. The van der Waals surface area contributed by atoms with Crippen LogP contribution in [0.5, 0.6) is 0 Å². The van der Waals surface area contributed by atoms with Gasteiger partial charge in [-0.05, 0) is 44.8 Å². The number of hydrogen-bond donors (Lipinski definition) is 2. The molecule has 4 heteroatoms. The van der Waals surface area contributed by atoms with Crippen molar-refractivity contribution in [2.75, 3.05) is 43.4 Å². The monoisotopic (exact) mass is 262 g/mol. The first-order chi connectivity index (χ1) is 9.28. The van der Waals surface area contributed by atoms with E-state index in [1.54, 1.807) is 0 Å². The number of nitrogens with zero attached hydrogens (tertiary/aromatic N) is 2. The highest BCUT2D eigenvalue weighted by molar-refractivity contribution is 5.53. The van der Waals surface area contributed by atoms with Crippen LogP contribution in [0.15, 0.2) is 18.5 Å². The number of likely N-dealkylation sites (tertiary alicyclic amines) is 1. The average molecular weight is 262 g/mol. The fraction of sp³-hybridized carbons (Fsp3) is 0.667. The fourth-order valence-corrected chi connectivity index (χ4v) is 2.60. The molecule has 19 heavy (non-hydrogen) atoms. The maximum atomic E-state index is 4.25. The molecule has 0 aromatic carbocycles. The fourth-order valence-electron chi connectivity index (χ4n) is 2.60. The smallest absolute Gasteiger partial charge is 0.0547 e. The van der Waals surface area contributed by atoms with E-state index in [0.717, 1.165) is 24.5 Å². The van der Waals surface area contributed by atoms with E-state index < -0.39 is 0 Å². The third kappa shape index (κ3) is 4.71. The van der Waals surface area contributed by atoms with Crippen molar-refractivity contribution < 1.29 is 0 Å². The average Bonchev–Trinajstić information content (AvgIpc) is 2.90. The van der Waals surface area contributed by atoms with Crippen LogP contribution in [-0.4, -0.2) is 42.6 Å². The first-order valence-corrected chi connectivity index (χ1v) is 7.43. The van der Waals surface area contributed by atoms with Crippen LogP contribution in [0.2, 0.25) is 0 Å². The number of aromatic nitrogens is 1. The molecule has 0 spiro atoms. The summed E-state index contributed by atoms with van der Waals surface area (Å²) < 4.78 is 0. The lowest BCUT2D eigenvalue weighted by atomic mass is 10.1. The predicted molar refractivity (Wildman–Crippen MR) is 81.7 cm³/mol. The highest BCUT2D eigenvalue weighted by atomic mass is 15.1. The predicted octanol–water partition coefficient (Wildman–Crippen LogP) is 2.66. The SMILES string of the molecule is CCNc1cncc(NCC(C)CN2CCCC2)c1. The van der Waals surface area contributed by atoms with Crippen LogP contribution in [0.1, 0.15) is 26.7 Å². The maximum Gasteiger partial charge on any atom is 0.0547 e. The maximum absolute atomic E-state index is 4.25. The summed E-state index contributed by atoms with van der Waals surface area (Å²) in [4.78, 5) is 6.82. The van der Waals surface area contributed by atoms with Crippen molar-refractivity contribution in [3.63, 3.8) is 0 Å². The lowest BCUT2D eigenvalue weighted by Gasteiger charge is -2.21. The molecule has 1 unspecified atom stereocenters. The molecule has 2 N–H and O–H groups in total. The third-order valence-electron chi connectivity index (χ3n) is 3.54. The number of rotatable bonds is 7. The van der Waals surface area contributed by atoms with Gasteiger partial charge in [0, 0.05) is 19.6 Å². The van der Waals surface area contributed by atoms with Gasteiger partial charge in [-0.25, -0.2) is 0 Å². The van der Waals surface area contributed by atoms with Crippen molar-refractivity contribution in [1.29, 1.82) is 0 Å². The van der Waals surface area contributed by atoms with Gasteiger partial charge < -0.3 is 15.5 Å². The molecule has 106 valence electrons. The minimum Gasteiger partial charge on any atom is -0.384 e. The molecule has 1 fully saturated rings. The molecule has 1 aromatic rings. The molecule has 0 amide bonds. The van der Waals surface area contributed by atoms with Gasteiger partial charge in [0.15, 0.2) is 0 Å². The van der Waals surface area contributed by atoms with Gasteiger partial charge >= 0.3 is 0 Å². The summed E-state index contributed by atoms with van der Waals surface area (Å²) in [6.45, 7) is 10.1. The Hall–Kier alpha value is -1.29. The van der Waals surface area contributed by atoms with Crippen molar-refractivity contribution >= 4 is 11.4 Å². The van der Waals surface area contributed by atoms with Crippen LogP contribution in [0.25, 0.3) is 0 Å². The lowest BCUT2D eigenvalue weighted by molar-refractivity contribution is 0.294. The van der Waals surface area contributed by atoms with E-state index >= 15 is 0 Å². The first kappa shape index (κ1) is 14.1. The zero-order valence-electron chi connectivity index (χ0n) is 12.2. The first-order valence-electron chi connectivity index (χ1n) is 7.43. The summed E-state index contributed by atoms with van der Waals surface area (Å²) >= 11 is 0. The van der Waals surface area contributed by atoms with Gasteiger partial charge in [-0.15, -0.1) is 0 Å². The number of pyridine rings is 1. The number of hydrogen-bond acceptors (Lipinski definition) is 4. The standard InChI is InChI=1S/C15H26N4/c1-3-17-14-8-15(11-16-10-14)18-9-13(2)12-19-6-4-5-7-19/h8,10-11,13,17-18H,3-7,9,12H2,1-2H3. The van der Waals surface area contributed by atoms with Crippen molar-refractivity contribution in [1.82, 2.24) is 9.88 Å². The van der Waals surface area contributed by atoms with E-state index in [9.17, 15) is 0 Å². The Balaban J connectivity index is 1.75. The van der Waals surface area contributed by atoms with E-state index in [0.29, 0.717) is 5.92 Å². The van der Waals surface area contributed by atoms with E-state index in [1.807, 2.05) is 12.4 Å². The van der Waals surface area contributed by atoms with Crippen LogP contribution in [0.3, 0.4) is 0 Å². The zero-order chi connectivity index (χ0) is 13.5. The molecule has 1 saturated heterocycles. The second-order valence-electron chi connectivity index (χ2n) is 5.49. The molecule has 0 radical (unpaired) electrons. The molecule has 4 nitrogen and oxygen atoms in total. The largest absolute Gasteiger partial charge is 0.384 e. The van der Waals surface area contributed by atoms with Crippen LogP contribution in [0.4, 0.5) is 11.4 Å². The number of anilines is 2. The van der Waals surface area contributed by atoms with Gasteiger partial charge in [-0.2, -0.15) is 0 Å². The van der Waals surface area contributed by atoms with Gasteiger partial charge in [-0.1, -0.05) is 6.92 Å². The van der Waals surface area contributed by atoms with Crippen LogP contribution >= 0.6 is 0 Å². The minimum atomic E-state index is 0.667. The molecule has 2 rings (SSSR count). The molecule has 1 aromatic heterocycles. The minimum absolute atomic E-state index is 0.667. The van der Waals surface area contributed by atoms with Crippen molar-refractivity contribution in [2.24, 2.45) is 5.92 Å². The highest BCUT2D eigenvalue weighted by Crippen LogP contribution is 2.14. The summed E-state index contributed by atoms with van der Waals surface area (Å²) in [6, 6.07) is 2.12. The Bertz CT molecular complexity index is 374. The van der Waals surface area contributed by atoms with Gasteiger partial charge in [0.05, 0.1) is 23.8 Å². The third-order valence-corrected chi connectivity index (χ3v) is 3.54. The zero-order valence-corrected chi connectivity index (χ0v) is 12.2. The van der Waals surface area contributed by atoms with E-state index in [-0.39, 0.29) is 0 Å². The topological polar surface area (TPSA) is 40.2 Å². The molecule has 1 atom stereocenters. The van der Waals surface area contributed by atoms with Crippen LogP contribution in [-0.2, 0) is 0 Å². The summed E-state index contributed by atoms with van der Waals surface area (Å²) in [5.41, 5.74) is 2.19. The molecule has 1 aliphatic rings. The Morgan fingerprint density at radius 2 is 1.89 bits per heavy atom. The second kappa shape index (κ2) is 7.34. The molecule has 0 saturated carbocycles. The van der Waals surface area contributed by atoms with Gasteiger partial charge in [-0.3, -0.25) is 4.98 Å². The van der Waals surface area contributed by atoms with Crippen molar-refractivity contribution in [2.45, 2.75) is 26.7 Å². The quantitative estimate of drug-likeness (QED) is 0.792. The van der Waals surface area contributed by atoms with Gasteiger partial charge in [0.25, 0.3) is 0 Å². The van der Waals surface area contributed by atoms with Gasteiger partial charge in [0.2, 0.25) is 0 Å². The summed E-state index contributed by atoms with van der Waals surface area (Å²) in [5.74, 6) is 0.667. The highest BCUT2D eigenvalue weighted by Gasteiger charge is 2.14. The van der Waals surface area contributed by atoms with Crippen molar-refractivity contribution in [3.8, 4) is 0 Å². The van der Waals surface area contributed by atoms with E-state index in [4.69, 9.17) is 0 Å². The lowest BCUT2D eigenvalue weighted by Crippen LogP contribution is -2.28. The molecule has 1 aliphatic heterocycles. The number of nitrogens with one attached hydrogen (secondary N) is 2. The van der Waals surface area contributed by atoms with E-state index in [2.05, 4.69) is 40.4 Å². The summed E-state index contributed by atoms with van der Waals surface area (Å²) in [5, 5.41) is 6.77. The molecule has 0 bridgehead atoms. The summed E-state index contributed by atoms with van der Waals surface area (Å²) in [6.07, 6.45) is 6.50. The Morgan fingerprint density at radius 3 is 2.58 bits per heavy atom. The Kier molecular flexibility index (Phi) is 5.45. The normalized spacial score (nSPS) is 17.4. The van der Waals surface area contributed by atoms with Crippen LogP contribution in [0, 0.1) is 5.92 Å². The molecular weight excluding hydrogens is 236 g/mol. The Labute approximate surface area is 116 Å². The van der Waals surface area contributed by atoms with Gasteiger partial charge in [0.1, 0.15) is 0 Å². The summed E-state index contributed by atoms with van der Waals surface area (Å²) in [7, 11) is 0. The van der Waals surface area contributed by atoms with Crippen LogP contribution < -0.4 is 10.6 Å². The van der Waals surface area contributed by atoms with Crippen molar-refractivity contribution in [3.05, 3.63) is 18.5 Å². The molecule has 2 heterocycles. The molecular formula is C15H26N4. The molecule has 0 aliphatic carbocycles. The second-order valence-corrected chi connectivity index (χ2v) is 5.49.